The Morgan fingerprint density at radius 2 is 2.21 bits per heavy atom. The number of aromatic nitrogens is 1. The highest BCUT2D eigenvalue weighted by Gasteiger charge is 2.37. The Bertz CT molecular complexity index is 514. The van der Waals surface area contributed by atoms with E-state index < -0.39 is 10.0 Å². The van der Waals surface area contributed by atoms with E-state index >= 15 is 0 Å². The third kappa shape index (κ3) is 3.52. The zero-order chi connectivity index (χ0) is 13.9. The van der Waals surface area contributed by atoms with Crippen LogP contribution in [0.3, 0.4) is 0 Å². The Balaban J connectivity index is 2.06. The molecule has 0 aromatic carbocycles. The van der Waals surface area contributed by atoms with Crippen molar-refractivity contribution in [2.75, 3.05) is 25.4 Å². The minimum absolute atomic E-state index is 0.118. The molecule has 0 aliphatic carbocycles. The molecule has 106 valence electrons. The molecule has 1 fully saturated rings. The van der Waals surface area contributed by atoms with E-state index in [0.29, 0.717) is 26.1 Å². The third-order valence-corrected chi connectivity index (χ3v) is 5.47. The molecule has 0 bridgehead atoms. The molecule has 1 N–H and O–H groups in total. The number of hydrogen-bond acceptors (Lipinski definition) is 4. The number of nitrogens with zero attached hydrogens (tertiary/aromatic N) is 2. The summed E-state index contributed by atoms with van der Waals surface area (Å²) in [6.45, 7) is 5.86. The van der Waals surface area contributed by atoms with Gasteiger partial charge >= 0.3 is 0 Å². The van der Waals surface area contributed by atoms with E-state index in [2.05, 4.69) is 10.3 Å². The number of sulfonamides is 1. The minimum Gasteiger partial charge on any atom is -0.314 e. The van der Waals surface area contributed by atoms with Gasteiger partial charge in [0.1, 0.15) is 0 Å². The van der Waals surface area contributed by atoms with Crippen molar-refractivity contribution in [3.63, 3.8) is 0 Å². The molecule has 1 aromatic rings. The van der Waals surface area contributed by atoms with Crippen molar-refractivity contribution in [2.24, 2.45) is 0 Å². The maximum atomic E-state index is 12.4. The molecule has 0 radical (unpaired) electrons. The molecule has 1 aliphatic rings. The van der Waals surface area contributed by atoms with E-state index in [0.717, 1.165) is 5.69 Å². The Morgan fingerprint density at radius 1 is 1.42 bits per heavy atom. The van der Waals surface area contributed by atoms with Crippen LogP contribution in [0.15, 0.2) is 24.4 Å². The van der Waals surface area contributed by atoms with Crippen molar-refractivity contribution in [3.8, 4) is 0 Å². The molecular weight excluding hydrogens is 262 g/mol. The van der Waals surface area contributed by atoms with Gasteiger partial charge in [0.15, 0.2) is 0 Å². The Kier molecular flexibility index (Phi) is 4.23. The molecule has 6 heteroatoms. The highest BCUT2D eigenvalue weighted by Crippen LogP contribution is 2.21. The van der Waals surface area contributed by atoms with E-state index in [9.17, 15) is 8.42 Å². The maximum absolute atomic E-state index is 12.4. The van der Waals surface area contributed by atoms with E-state index in [1.54, 1.807) is 10.5 Å². The number of aryl methyl sites for hydroxylation is 1. The molecule has 0 amide bonds. The second kappa shape index (κ2) is 5.56. The fraction of sp³-hybridized carbons (Fsp3) is 0.615. The van der Waals surface area contributed by atoms with Gasteiger partial charge in [-0.15, -0.1) is 0 Å². The molecule has 2 rings (SSSR count). The molecule has 1 aromatic heterocycles. The van der Waals surface area contributed by atoms with Crippen LogP contribution in [0.5, 0.6) is 0 Å². The molecule has 0 spiro atoms. The van der Waals surface area contributed by atoms with Crippen LogP contribution in [0, 0.1) is 0 Å². The molecule has 0 atom stereocenters. The van der Waals surface area contributed by atoms with Gasteiger partial charge in [0.2, 0.25) is 10.0 Å². The van der Waals surface area contributed by atoms with Crippen LogP contribution < -0.4 is 5.32 Å². The van der Waals surface area contributed by atoms with Crippen LogP contribution in [0.25, 0.3) is 0 Å². The van der Waals surface area contributed by atoms with E-state index in [1.165, 1.54) is 0 Å². The lowest BCUT2D eigenvalue weighted by molar-refractivity contribution is 0.186. The number of pyridine rings is 1. The van der Waals surface area contributed by atoms with E-state index in [4.69, 9.17) is 0 Å². The number of piperazine rings is 1. The second-order valence-corrected chi connectivity index (χ2v) is 7.46. The zero-order valence-corrected chi connectivity index (χ0v) is 12.3. The summed E-state index contributed by atoms with van der Waals surface area (Å²) in [6, 6.07) is 5.57. The fourth-order valence-electron chi connectivity index (χ4n) is 2.37. The van der Waals surface area contributed by atoms with Gasteiger partial charge in [-0.3, -0.25) is 4.98 Å². The van der Waals surface area contributed by atoms with Gasteiger partial charge in [0.05, 0.1) is 5.75 Å². The van der Waals surface area contributed by atoms with Gasteiger partial charge in [-0.05, 0) is 26.0 Å². The predicted octanol–water partition coefficient (Wildman–Crippen LogP) is 0.638. The molecule has 0 unspecified atom stereocenters. The van der Waals surface area contributed by atoms with Crippen LogP contribution in [-0.4, -0.2) is 48.6 Å². The normalized spacial score (nSPS) is 20.3. The summed E-state index contributed by atoms with van der Waals surface area (Å²) in [5.41, 5.74) is 0.459. The summed E-state index contributed by atoms with van der Waals surface area (Å²) in [7, 11) is -3.24. The highest BCUT2D eigenvalue weighted by atomic mass is 32.2. The summed E-state index contributed by atoms with van der Waals surface area (Å²) in [4.78, 5) is 4.17. The van der Waals surface area contributed by atoms with Crippen molar-refractivity contribution >= 4 is 10.0 Å². The number of nitrogens with one attached hydrogen (secondary N) is 1. The largest absolute Gasteiger partial charge is 0.314 e. The first-order valence-corrected chi connectivity index (χ1v) is 8.14. The summed E-state index contributed by atoms with van der Waals surface area (Å²) < 4.78 is 26.5. The number of rotatable bonds is 4. The van der Waals surface area contributed by atoms with Crippen LogP contribution in [0.2, 0.25) is 0 Å². The van der Waals surface area contributed by atoms with Gasteiger partial charge in [0.25, 0.3) is 0 Å². The Morgan fingerprint density at radius 3 is 2.84 bits per heavy atom. The van der Waals surface area contributed by atoms with Crippen LogP contribution in [-0.2, 0) is 16.4 Å². The van der Waals surface area contributed by atoms with Gasteiger partial charge < -0.3 is 5.32 Å². The van der Waals surface area contributed by atoms with E-state index in [-0.39, 0.29) is 11.3 Å². The summed E-state index contributed by atoms with van der Waals surface area (Å²) in [5.74, 6) is 0.118. The molecule has 0 saturated carbocycles. The average Bonchev–Trinajstić information content (AvgIpc) is 2.37. The highest BCUT2D eigenvalue weighted by molar-refractivity contribution is 7.89. The van der Waals surface area contributed by atoms with Gasteiger partial charge in [0, 0.05) is 43.5 Å². The van der Waals surface area contributed by atoms with Crippen molar-refractivity contribution in [3.05, 3.63) is 30.1 Å². The van der Waals surface area contributed by atoms with Gasteiger partial charge in [-0.2, -0.15) is 4.31 Å². The smallest absolute Gasteiger partial charge is 0.215 e. The minimum atomic E-state index is -3.24. The zero-order valence-electron chi connectivity index (χ0n) is 11.5. The standard InChI is InChI=1S/C13H21N3O2S/c1-13(2)11-14-8-9-16(13)19(17,18)10-6-12-5-3-4-7-15-12/h3-5,7,14H,6,8-11H2,1-2H3. The van der Waals surface area contributed by atoms with Crippen molar-refractivity contribution < 1.29 is 8.42 Å². The summed E-state index contributed by atoms with van der Waals surface area (Å²) in [6.07, 6.45) is 2.15. The third-order valence-electron chi connectivity index (χ3n) is 3.40. The fourth-order valence-corrected chi connectivity index (χ4v) is 4.25. The van der Waals surface area contributed by atoms with Crippen LogP contribution in [0.1, 0.15) is 19.5 Å². The first kappa shape index (κ1) is 14.4. The topological polar surface area (TPSA) is 62.3 Å². The van der Waals surface area contributed by atoms with E-state index in [1.807, 2.05) is 32.0 Å². The molecule has 1 aliphatic heterocycles. The second-order valence-electron chi connectivity index (χ2n) is 5.45. The predicted molar refractivity (Wildman–Crippen MR) is 75.4 cm³/mol. The molecule has 1 saturated heterocycles. The van der Waals surface area contributed by atoms with Crippen LogP contribution in [0.4, 0.5) is 0 Å². The summed E-state index contributed by atoms with van der Waals surface area (Å²) >= 11 is 0. The van der Waals surface area contributed by atoms with Crippen LogP contribution >= 0.6 is 0 Å². The lowest BCUT2D eigenvalue weighted by Crippen LogP contribution is -2.60. The first-order chi connectivity index (χ1) is 8.92. The molecule has 19 heavy (non-hydrogen) atoms. The molecular formula is C13H21N3O2S. The lowest BCUT2D eigenvalue weighted by atomic mass is 10.0. The van der Waals surface area contributed by atoms with Crippen molar-refractivity contribution in [2.45, 2.75) is 25.8 Å². The quantitative estimate of drug-likeness (QED) is 0.881. The lowest BCUT2D eigenvalue weighted by Gasteiger charge is -2.41. The molecule has 2 heterocycles. The van der Waals surface area contributed by atoms with Crippen molar-refractivity contribution in [1.82, 2.24) is 14.6 Å². The van der Waals surface area contributed by atoms with Gasteiger partial charge in [-0.25, -0.2) is 8.42 Å². The SMILES string of the molecule is CC1(C)CNCCN1S(=O)(=O)CCc1ccccn1. The van der Waals surface area contributed by atoms with Crippen molar-refractivity contribution in [1.29, 1.82) is 0 Å². The first-order valence-electron chi connectivity index (χ1n) is 6.53. The van der Waals surface area contributed by atoms with Gasteiger partial charge in [-0.1, -0.05) is 6.07 Å². The average molecular weight is 283 g/mol. The Labute approximate surface area is 115 Å². The maximum Gasteiger partial charge on any atom is 0.215 e. The monoisotopic (exact) mass is 283 g/mol. The number of hydrogen-bond donors (Lipinski definition) is 1. The molecule has 5 nitrogen and oxygen atoms in total. The summed E-state index contributed by atoms with van der Waals surface area (Å²) in [5, 5.41) is 3.23. The Hall–Kier alpha value is -0.980.